The summed E-state index contributed by atoms with van der Waals surface area (Å²) in [6.45, 7) is 3.77. The Balaban J connectivity index is 2.27. The van der Waals surface area contributed by atoms with Crippen molar-refractivity contribution < 1.29 is 8.42 Å². The summed E-state index contributed by atoms with van der Waals surface area (Å²) < 4.78 is 23.7. The molecule has 0 unspecified atom stereocenters. The lowest BCUT2D eigenvalue weighted by atomic mass is 10.3. The van der Waals surface area contributed by atoms with E-state index in [2.05, 4.69) is 9.97 Å². The van der Waals surface area contributed by atoms with E-state index in [0.29, 0.717) is 11.5 Å². The molecular formula is C12H17N3O2S. The number of anilines is 1. The summed E-state index contributed by atoms with van der Waals surface area (Å²) in [4.78, 5) is 7.25. The second-order valence-corrected chi connectivity index (χ2v) is 7.02. The van der Waals surface area contributed by atoms with Gasteiger partial charge < -0.3 is 10.7 Å². The van der Waals surface area contributed by atoms with Crippen LogP contribution < -0.4 is 5.73 Å². The van der Waals surface area contributed by atoms with Gasteiger partial charge in [-0.05, 0) is 24.1 Å². The minimum Gasteiger partial charge on any atom is -0.399 e. The molecule has 0 radical (unpaired) electrons. The molecule has 98 valence electrons. The molecule has 0 spiro atoms. The van der Waals surface area contributed by atoms with Crippen LogP contribution in [0.15, 0.2) is 18.2 Å². The van der Waals surface area contributed by atoms with E-state index in [0.717, 1.165) is 11.0 Å². The van der Waals surface area contributed by atoms with Crippen LogP contribution in [-0.2, 0) is 15.6 Å². The second kappa shape index (κ2) is 4.61. The minimum absolute atomic E-state index is 0.0558. The van der Waals surface area contributed by atoms with Crippen molar-refractivity contribution in [1.29, 1.82) is 0 Å². The fraction of sp³-hybridized carbons (Fsp3) is 0.417. The van der Waals surface area contributed by atoms with Gasteiger partial charge in [-0.2, -0.15) is 0 Å². The number of rotatable bonds is 4. The largest absolute Gasteiger partial charge is 0.399 e. The molecule has 0 bridgehead atoms. The van der Waals surface area contributed by atoms with Crippen molar-refractivity contribution in [2.45, 2.75) is 19.6 Å². The molecule has 0 fully saturated rings. The topological polar surface area (TPSA) is 88.8 Å². The first-order valence-electron chi connectivity index (χ1n) is 5.80. The van der Waals surface area contributed by atoms with Gasteiger partial charge in [-0.15, -0.1) is 0 Å². The number of nitrogens with one attached hydrogen (secondary N) is 1. The normalized spacial score (nSPS) is 12.4. The molecule has 0 atom stereocenters. The van der Waals surface area contributed by atoms with Crippen molar-refractivity contribution in [3.05, 3.63) is 24.0 Å². The molecule has 1 aromatic carbocycles. The molecule has 1 heterocycles. The Labute approximate surface area is 106 Å². The zero-order chi connectivity index (χ0) is 13.3. The predicted octanol–water partition coefficient (Wildman–Crippen LogP) is 1.72. The maximum Gasteiger partial charge on any atom is 0.157 e. The van der Waals surface area contributed by atoms with E-state index in [1.807, 2.05) is 13.8 Å². The first-order valence-corrected chi connectivity index (χ1v) is 7.62. The van der Waals surface area contributed by atoms with Gasteiger partial charge in [0.25, 0.3) is 0 Å². The summed E-state index contributed by atoms with van der Waals surface area (Å²) in [5.41, 5.74) is 7.79. The number of aromatic amines is 1. The molecule has 6 heteroatoms. The maximum atomic E-state index is 11.9. The monoisotopic (exact) mass is 267 g/mol. The van der Waals surface area contributed by atoms with Crippen LogP contribution in [0.3, 0.4) is 0 Å². The average Bonchev–Trinajstić information content (AvgIpc) is 2.55. The third-order valence-electron chi connectivity index (χ3n) is 2.50. The highest BCUT2D eigenvalue weighted by Gasteiger charge is 2.16. The van der Waals surface area contributed by atoms with Gasteiger partial charge in [0.15, 0.2) is 9.84 Å². The summed E-state index contributed by atoms with van der Waals surface area (Å²) in [5.74, 6) is 0.706. The zero-order valence-corrected chi connectivity index (χ0v) is 11.3. The van der Waals surface area contributed by atoms with Gasteiger partial charge in [0, 0.05) is 5.69 Å². The van der Waals surface area contributed by atoms with Crippen LogP contribution in [0.2, 0.25) is 0 Å². The Kier molecular flexibility index (Phi) is 3.30. The van der Waals surface area contributed by atoms with Crippen molar-refractivity contribution in [2.24, 2.45) is 5.92 Å². The van der Waals surface area contributed by atoms with Crippen LogP contribution in [0.4, 0.5) is 5.69 Å². The minimum atomic E-state index is -3.12. The summed E-state index contributed by atoms with van der Waals surface area (Å²) in [6, 6.07) is 5.27. The lowest BCUT2D eigenvalue weighted by Crippen LogP contribution is -2.14. The fourth-order valence-electron chi connectivity index (χ4n) is 1.92. The lowest BCUT2D eigenvalue weighted by molar-refractivity contribution is 0.580. The highest BCUT2D eigenvalue weighted by Crippen LogP contribution is 2.16. The third kappa shape index (κ3) is 3.01. The van der Waals surface area contributed by atoms with Gasteiger partial charge in [0.05, 0.1) is 16.8 Å². The predicted molar refractivity (Wildman–Crippen MR) is 72.8 cm³/mol. The van der Waals surface area contributed by atoms with Gasteiger partial charge in [0.2, 0.25) is 0 Å². The van der Waals surface area contributed by atoms with Crippen molar-refractivity contribution in [2.75, 3.05) is 11.5 Å². The Hall–Kier alpha value is -1.56. The van der Waals surface area contributed by atoms with Crippen LogP contribution in [-0.4, -0.2) is 24.1 Å². The van der Waals surface area contributed by atoms with Crippen molar-refractivity contribution >= 4 is 26.6 Å². The Morgan fingerprint density at radius 1 is 1.39 bits per heavy atom. The van der Waals surface area contributed by atoms with Crippen LogP contribution in [0.1, 0.15) is 19.7 Å². The summed E-state index contributed by atoms with van der Waals surface area (Å²) in [7, 11) is -3.12. The van der Waals surface area contributed by atoms with Crippen LogP contribution in [0, 0.1) is 5.92 Å². The molecular weight excluding hydrogens is 250 g/mol. The smallest absolute Gasteiger partial charge is 0.157 e. The Morgan fingerprint density at radius 2 is 2.11 bits per heavy atom. The van der Waals surface area contributed by atoms with E-state index in [1.54, 1.807) is 18.2 Å². The fourth-order valence-corrected chi connectivity index (χ4v) is 3.61. The number of nitrogens with two attached hydrogens (primary N) is 1. The molecule has 0 saturated carbocycles. The summed E-state index contributed by atoms with van der Waals surface area (Å²) in [6.07, 6.45) is 0. The Morgan fingerprint density at radius 3 is 2.78 bits per heavy atom. The highest BCUT2D eigenvalue weighted by atomic mass is 32.2. The standard InChI is InChI=1S/C12H17N3O2S/c1-8(2)6-18(16,17)7-12-14-10-4-3-9(13)5-11(10)15-12/h3-5,8H,6-7,13H2,1-2H3,(H,14,15). The van der Waals surface area contributed by atoms with Gasteiger partial charge >= 0.3 is 0 Å². The lowest BCUT2D eigenvalue weighted by Gasteiger charge is -2.04. The van der Waals surface area contributed by atoms with Gasteiger partial charge in [-0.1, -0.05) is 13.8 Å². The van der Waals surface area contributed by atoms with E-state index < -0.39 is 9.84 Å². The molecule has 1 aromatic heterocycles. The highest BCUT2D eigenvalue weighted by molar-refractivity contribution is 7.90. The van der Waals surface area contributed by atoms with E-state index >= 15 is 0 Å². The van der Waals surface area contributed by atoms with Crippen molar-refractivity contribution in [3.8, 4) is 0 Å². The molecule has 0 aliphatic carbocycles. The van der Waals surface area contributed by atoms with E-state index in [-0.39, 0.29) is 17.4 Å². The number of hydrogen-bond acceptors (Lipinski definition) is 4. The molecule has 18 heavy (non-hydrogen) atoms. The van der Waals surface area contributed by atoms with Crippen LogP contribution >= 0.6 is 0 Å². The van der Waals surface area contributed by atoms with Gasteiger partial charge in [0.1, 0.15) is 11.6 Å². The first-order chi connectivity index (χ1) is 8.35. The summed E-state index contributed by atoms with van der Waals surface area (Å²) >= 11 is 0. The zero-order valence-electron chi connectivity index (χ0n) is 10.5. The van der Waals surface area contributed by atoms with Crippen LogP contribution in [0.5, 0.6) is 0 Å². The van der Waals surface area contributed by atoms with Crippen molar-refractivity contribution in [1.82, 2.24) is 9.97 Å². The molecule has 2 rings (SSSR count). The SMILES string of the molecule is CC(C)CS(=O)(=O)Cc1nc2ccc(N)cc2[nH]1. The molecule has 0 aliphatic heterocycles. The number of nitrogens with zero attached hydrogens (tertiary/aromatic N) is 1. The number of sulfone groups is 1. The molecule has 3 N–H and O–H groups in total. The number of benzene rings is 1. The van der Waals surface area contributed by atoms with Gasteiger partial charge in [-0.3, -0.25) is 0 Å². The number of imidazole rings is 1. The molecule has 2 aromatic rings. The number of aromatic nitrogens is 2. The summed E-state index contributed by atoms with van der Waals surface area (Å²) in [5, 5.41) is 0. The number of hydrogen-bond donors (Lipinski definition) is 2. The van der Waals surface area contributed by atoms with E-state index in [4.69, 9.17) is 5.73 Å². The second-order valence-electron chi connectivity index (χ2n) is 4.91. The Bertz CT molecular complexity index is 659. The first kappa shape index (κ1) is 12.9. The number of H-pyrrole nitrogens is 1. The molecule has 0 amide bonds. The van der Waals surface area contributed by atoms with Crippen molar-refractivity contribution in [3.63, 3.8) is 0 Å². The quantitative estimate of drug-likeness (QED) is 0.825. The van der Waals surface area contributed by atoms with Crippen LogP contribution in [0.25, 0.3) is 11.0 Å². The maximum absolute atomic E-state index is 11.9. The number of nitrogen functional groups attached to an aromatic ring is 1. The molecule has 0 saturated heterocycles. The molecule has 0 aliphatic rings. The van der Waals surface area contributed by atoms with E-state index in [9.17, 15) is 8.42 Å². The number of fused-ring (bicyclic) bond motifs is 1. The third-order valence-corrected chi connectivity index (χ3v) is 4.39. The van der Waals surface area contributed by atoms with E-state index in [1.165, 1.54) is 0 Å². The average molecular weight is 267 g/mol. The molecule has 5 nitrogen and oxygen atoms in total. The van der Waals surface area contributed by atoms with Gasteiger partial charge in [-0.25, -0.2) is 13.4 Å².